The first-order valence-electron chi connectivity index (χ1n) is 7.58. The third-order valence-corrected chi connectivity index (χ3v) is 3.82. The standard InChI is InChI=1S/C18H14ClN3O2/c1-2-23-16-11-22-17(24-16)14-5-3-4-6-15(14)21-18(22)20-13-9-7-12(19)8-10-13/h3-11H,2H2,1H3. The number of halogens is 1. The van der Waals surface area contributed by atoms with Crippen LogP contribution in [0.2, 0.25) is 5.02 Å². The largest absolute Gasteiger partial charge is 0.464 e. The molecule has 0 aliphatic carbocycles. The summed E-state index contributed by atoms with van der Waals surface area (Å²) in [5.41, 5.74) is 2.73. The van der Waals surface area contributed by atoms with Gasteiger partial charge in [-0.3, -0.25) is 0 Å². The second-order valence-electron chi connectivity index (χ2n) is 5.18. The lowest BCUT2D eigenvalue weighted by molar-refractivity contribution is 0.265. The van der Waals surface area contributed by atoms with E-state index in [0.717, 1.165) is 16.6 Å². The predicted molar refractivity (Wildman–Crippen MR) is 92.8 cm³/mol. The van der Waals surface area contributed by atoms with E-state index < -0.39 is 0 Å². The number of oxazole rings is 1. The summed E-state index contributed by atoms with van der Waals surface area (Å²) >= 11 is 5.93. The van der Waals surface area contributed by atoms with Gasteiger partial charge in [-0.1, -0.05) is 23.7 Å². The van der Waals surface area contributed by atoms with E-state index in [1.807, 2.05) is 43.3 Å². The molecule has 120 valence electrons. The predicted octanol–water partition coefficient (Wildman–Crippen LogP) is 4.37. The molecule has 0 radical (unpaired) electrons. The van der Waals surface area contributed by atoms with Crippen molar-refractivity contribution in [3.63, 3.8) is 0 Å². The molecule has 2 aromatic carbocycles. The van der Waals surface area contributed by atoms with Crippen molar-refractivity contribution in [2.24, 2.45) is 4.99 Å². The van der Waals surface area contributed by atoms with Gasteiger partial charge in [-0.15, -0.1) is 0 Å². The summed E-state index contributed by atoms with van der Waals surface area (Å²) in [5.74, 6) is 0.434. The van der Waals surface area contributed by atoms with Gasteiger partial charge in [0.05, 0.1) is 29.4 Å². The van der Waals surface area contributed by atoms with Crippen molar-refractivity contribution in [1.82, 2.24) is 9.38 Å². The Hall–Kier alpha value is -2.79. The highest BCUT2D eigenvalue weighted by Gasteiger charge is 2.10. The molecule has 24 heavy (non-hydrogen) atoms. The first kappa shape index (κ1) is 14.8. The molecule has 0 spiro atoms. The molecule has 0 fully saturated rings. The van der Waals surface area contributed by atoms with Gasteiger partial charge in [-0.25, -0.2) is 14.4 Å². The summed E-state index contributed by atoms with van der Waals surface area (Å²) in [6, 6.07) is 15.0. The molecule has 0 aliphatic rings. The number of benzene rings is 2. The number of para-hydroxylation sites is 1. The van der Waals surface area contributed by atoms with E-state index >= 15 is 0 Å². The number of nitrogens with zero attached hydrogens (tertiary/aromatic N) is 3. The van der Waals surface area contributed by atoms with Gasteiger partial charge in [-0.2, -0.15) is 0 Å². The fourth-order valence-electron chi connectivity index (χ4n) is 2.50. The van der Waals surface area contributed by atoms with Crippen LogP contribution < -0.4 is 10.4 Å². The summed E-state index contributed by atoms with van der Waals surface area (Å²) in [5, 5.41) is 1.57. The number of hydrogen-bond acceptors (Lipinski definition) is 4. The third kappa shape index (κ3) is 2.63. The number of hydrogen-bond donors (Lipinski definition) is 0. The molecule has 0 N–H and O–H groups in total. The molecule has 2 aromatic heterocycles. The molecule has 4 rings (SSSR count). The van der Waals surface area contributed by atoms with E-state index in [9.17, 15) is 0 Å². The molecule has 5 nitrogen and oxygen atoms in total. The molecule has 0 amide bonds. The van der Waals surface area contributed by atoms with Crippen molar-refractivity contribution >= 4 is 33.9 Å². The van der Waals surface area contributed by atoms with Gasteiger partial charge in [0, 0.05) is 5.02 Å². The van der Waals surface area contributed by atoms with Crippen LogP contribution in [0, 0.1) is 0 Å². The SMILES string of the molecule is CCOc1cn2c(=Nc3ccc(Cl)cc3)nc3ccccc3c2o1. The lowest BCUT2D eigenvalue weighted by atomic mass is 10.2. The van der Waals surface area contributed by atoms with Gasteiger partial charge >= 0.3 is 5.95 Å². The van der Waals surface area contributed by atoms with E-state index in [1.165, 1.54) is 0 Å². The topological polar surface area (TPSA) is 52.0 Å². The van der Waals surface area contributed by atoms with Gasteiger partial charge in [-0.05, 0) is 43.3 Å². The van der Waals surface area contributed by atoms with Crippen molar-refractivity contribution in [2.75, 3.05) is 6.61 Å². The molecule has 4 aromatic rings. The molecule has 0 saturated heterocycles. The Balaban J connectivity index is 2.03. The zero-order valence-electron chi connectivity index (χ0n) is 12.9. The van der Waals surface area contributed by atoms with Gasteiger partial charge in [0.1, 0.15) is 0 Å². The van der Waals surface area contributed by atoms with Crippen molar-refractivity contribution < 1.29 is 9.15 Å². The second-order valence-corrected chi connectivity index (χ2v) is 5.61. The Morgan fingerprint density at radius 2 is 1.96 bits per heavy atom. The Labute approximate surface area is 142 Å². The zero-order chi connectivity index (χ0) is 16.5. The lowest BCUT2D eigenvalue weighted by Crippen LogP contribution is -2.17. The number of rotatable bonds is 3. The van der Waals surface area contributed by atoms with Gasteiger partial charge in [0.15, 0.2) is 0 Å². The van der Waals surface area contributed by atoms with Crippen LogP contribution in [0.15, 0.2) is 64.1 Å². The minimum absolute atomic E-state index is 0.434. The monoisotopic (exact) mass is 339 g/mol. The van der Waals surface area contributed by atoms with Crippen LogP contribution in [-0.2, 0) is 0 Å². The van der Waals surface area contributed by atoms with Crippen LogP contribution in [0.1, 0.15) is 6.92 Å². The average Bonchev–Trinajstić information content (AvgIpc) is 3.02. The summed E-state index contributed by atoms with van der Waals surface area (Å²) in [4.78, 5) is 9.25. The highest BCUT2D eigenvalue weighted by atomic mass is 35.5. The fraction of sp³-hybridized carbons (Fsp3) is 0.111. The maximum Gasteiger partial charge on any atom is 0.303 e. The molecule has 0 unspecified atom stereocenters. The van der Waals surface area contributed by atoms with Gasteiger partial charge in [0.25, 0.3) is 0 Å². The highest BCUT2D eigenvalue weighted by molar-refractivity contribution is 6.30. The van der Waals surface area contributed by atoms with Crippen molar-refractivity contribution in [3.05, 3.63) is 65.4 Å². The minimum Gasteiger partial charge on any atom is -0.464 e. The second kappa shape index (κ2) is 6.02. The highest BCUT2D eigenvalue weighted by Crippen LogP contribution is 2.23. The maximum absolute atomic E-state index is 5.93. The molecule has 6 heteroatoms. The normalized spacial score (nSPS) is 12.2. The molecule has 0 aliphatic heterocycles. The Morgan fingerprint density at radius 1 is 1.17 bits per heavy atom. The van der Waals surface area contributed by atoms with Crippen LogP contribution in [0.25, 0.3) is 16.6 Å². The Bertz CT molecular complexity index is 1080. The molecule has 0 bridgehead atoms. The summed E-state index contributed by atoms with van der Waals surface area (Å²) in [6.45, 7) is 2.43. The van der Waals surface area contributed by atoms with Crippen LogP contribution in [0.5, 0.6) is 5.95 Å². The fourth-order valence-corrected chi connectivity index (χ4v) is 2.63. The molecular weight excluding hydrogens is 326 g/mol. The molecule has 2 heterocycles. The van der Waals surface area contributed by atoms with E-state index in [4.69, 9.17) is 20.8 Å². The average molecular weight is 340 g/mol. The summed E-state index contributed by atoms with van der Waals surface area (Å²) < 4.78 is 13.1. The van der Waals surface area contributed by atoms with Crippen molar-refractivity contribution in [2.45, 2.75) is 6.92 Å². The molecule has 0 atom stereocenters. The Kier molecular flexibility index (Phi) is 3.70. The van der Waals surface area contributed by atoms with Crippen LogP contribution >= 0.6 is 11.6 Å². The third-order valence-electron chi connectivity index (χ3n) is 3.56. The van der Waals surface area contributed by atoms with Gasteiger partial charge in [0.2, 0.25) is 11.3 Å². The number of aromatic nitrogens is 2. The Morgan fingerprint density at radius 3 is 2.75 bits per heavy atom. The smallest absolute Gasteiger partial charge is 0.303 e. The van der Waals surface area contributed by atoms with Crippen LogP contribution in [0.3, 0.4) is 0 Å². The quantitative estimate of drug-likeness (QED) is 0.557. The number of ether oxygens (including phenoxy) is 1. The van der Waals surface area contributed by atoms with E-state index in [1.54, 1.807) is 22.7 Å². The lowest BCUT2D eigenvalue weighted by Gasteiger charge is -2.00. The van der Waals surface area contributed by atoms with E-state index in [0.29, 0.717) is 28.9 Å². The summed E-state index contributed by atoms with van der Waals surface area (Å²) in [7, 11) is 0. The van der Waals surface area contributed by atoms with E-state index in [2.05, 4.69) is 9.98 Å². The van der Waals surface area contributed by atoms with Crippen LogP contribution in [0.4, 0.5) is 5.69 Å². The molecular formula is C18H14ClN3O2. The van der Waals surface area contributed by atoms with E-state index in [-0.39, 0.29) is 0 Å². The van der Waals surface area contributed by atoms with Crippen molar-refractivity contribution in [1.29, 1.82) is 0 Å². The maximum atomic E-state index is 5.93. The van der Waals surface area contributed by atoms with Crippen LogP contribution in [-0.4, -0.2) is 16.0 Å². The van der Waals surface area contributed by atoms with Crippen molar-refractivity contribution in [3.8, 4) is 5.95 Å². The first-order chi connectivity index (χ1) is 11.7. The summed E-state index contributed by atoms with van der Waals surface area (Å²) in [6.07, 6.45) is 1.76. The minimum atomic E-state index is 0.434. The number of fused-ring (bicyclic) bond motifs is 3. The van der Waals surface area contributed by atoms with Gasteiger partial charge < -0.3 is 9.15 Å². The molecule has 0 saturated carbocycles. The zero-order valence-corrected chi connectivity index (χ0v) is 13.7. The first-order valence-corrected chi connectivity index (χ1v) is 7.96.